The first-order valence-electron chi connectivity index (χ1n) is 5.96. The molecule has 1 atom stereocenters. The summed E-state index contributed by atoms with van der Waals surface area (Å²) in [7, 11) is 0. The molecule has 106 valence electrons. The Balaban J connectivity index is 2.56. The second-order valence-electron chi connectivity index (χ2n) is 4.55. The molecule has 1 amide bonds. The van der Waals surface area contributed by atoms with Gasteiger partial charge in [0.1, 0.15) is 5.69 Å². The summed E-state index contributed by atoms with van der Waals surface area (Å²) in [6.45, 7) is 0.464. The topological polar surface area (TPSA) is 127 Å². The van der Waals surface area contributed by atoms with Gasteiger partial charge >= 0.3 is 5.97 Å². The van der Waals surface area contributed by atoms with Gasteiger partial charge in [0, 0.05) is 19.0 Å². The number of rotatable bonds is 4. The average Bonchev–Trinajstić information content (AvgIpc) is 2.78. The van der Waals surface area contributed by atoms with Crippen molar-refractivity contribution in [1.82, 2.24) is 0 Å². The average molecular weight is 279 g/mol. The van der Waals surface area contributed by atoms with Crippen molar-refractivity contribution in [3.05, 3.63) is 33.9 Å². The summed E-state index contributed by atoms with van der Waals surface area (Å²) in [4.78, 5) is 34.7. The molecule has 0 bridgehead atoms. The Labute approximate surface area is 113 Å². The van der Waals surface area contributed by atoms with Crippen LogP contribution in [0.25, 0.3) is 0 Å². The predicted molar refractivity (Wildman–Crippen MR) is 69.6 cm³/mol. The second-order valence-corrected chi connectivity index (χ2v) is 4.55. The minimum atomic E-state index is -1.31. The number of hydrogen-bond acceptors (Lipinski definition) is 5. The first-order valence-corrected chi connectivity index (χ1v) is 5.96. The Morgan fingerprint density at radius 2 is 2.25 bits per heavy atom. The van der Waals surface area contributed by atoms with Gasteiger partial charge in [0.25, 0.3) is 5.69 Å². The molecule has 1 aromatic rings. The van der Waals surface area contributed by atoms with Gasteiger partial charge in [-0.15, -0.1) is 0 Å². The van der Waals surface area contributed by atoms with Crippen molar-refractivity contribution in [3.63, 3.8) is 0 Å². The number of nitrogens with zero attached hydrogens (tertiary/aromatic N) is 2. The van der Waals surface area contributed by atoms with Gasteiger partial charge in [0.15, 0.2) is 0 Å². The largest absolute Gasteiger partial charge is 0.478 e. The summed E-state index contributed by atoms with van der Waals surface area (Å²) in [5.74, 6) is -1.78. The lowest BCUT2D eigenvalue weighted by Gasteiger charge is -2.18. The van der Waals surface area contributed by atoms with Crippen LogP contribution >= 0.6 is 0 Å². The molecule has 0 spiro atoms. The first-order chi connectivity index (χ1) is 9.45. The van der Waals surface area contributed by atoms with Crippen molar-refractivity contribution in [2.24, 2.45) is 11.7 Å². The van der Waals surface area contributed by atoms with Crippen LogP contribution in [-0.4, -0.2) is 35.0 Å². The molecule has 3 N–H and O–H groups in total. The Morgan fingerprint density at radius 1 is 1.55 bits per heavy atom. The van der Waals surface area contributed by atoms with Crippen LogP contribution < -0.4 is 10.6 Å². The number of carbonyl (C=O) groups excluding carboxylic acids is 1. The molecule has 0 aliphatic carbocycles. The molecule has 8 nitrogen and oxygen atoms in total. The van der Waals surface area contributed by atoms with Gasteiger partial charge < -0.3 is 15.7 Å². The maximum absolute atomic E-state index is 11.9. The van der Waals surface area contributed by atoms with Gasteiger partial charge in [-0.05, 0) is 18.5 Å². The van der Waals surface area contributed by atoms with E-state index >= 15 is 0 Å². The third-order valence-corrected chi connectivity index (χ3v) is 3.25. The smallest absolute Gasteiger partial charge is 0.338 e. The Morgan fingerprint density at radius 3 is 2.75 bits per heavy atom. The van der Waals surface area contributed by atoms with Gasteiger partial charge in [-0.3, -0.25) is 14.9 Å². The fourth-order valence-electron chi connectivity index (χ4n) is 2.29. The zero-order valence-electron chi connectivity index (χ0n) is 10.5. The van der Waals surface area contributed by atoms with E-state index in [-0.39, 0.29) is 42.6 Å². The molecule has 0 radical (unpaired) electrons. The third kappa shape index (κ3) is 2.32. The molecule has 1 aliphatic heterocycles. The minimum absolute atomic E-state index is 0.121. The molecule has 0 aromatic heterocycles. The number of amides is 1. The second kappa shape index (κ2) is 5.25. The number of aromatic carboxylic acids is 1. The molecule has 1 saturated heterocycles. The van der Waals surface area contributed by atoms with E-state index < -0.39 is 16.6 Å². The van der Waals surface area contributed by atoms with E-state index in [4.69, 9.17) is 10.8 Å². The molecule has 1 fully saturated rings. The SMILES string of the molecule is NCC1CC(=O)N(c2c(C(=O)O)cccc2[N+](=O)[O-])C1. The zero-order valence-corrected chi connectivity index (χ0v) is 10.5. The number of nitro groups is 1. The molecular formula is C12H13N3O5. The van der Waals surface area contributed by atoms with Gasteiger partial charge in [-0.1, -0.05) is 6.07 Å². The van der Waals surface area contributed by atoms with Crippen LogP contribution in [0.5, 0.6) is 0 Å². The molecule has 1 heterocycles. The van der Waals surface area contributed by atoms with Gasteiger partial charge in [0.05, 0.1) is 10.5 Å². The standard InChI is InChI=1S/C12H13N3O5/c13-5-7-4-10(16)14(6-7)11-8(12(17)18)2-1-3-9(11)15(19)20/h1-3,7H,4-6,13H2,(H,17,18). The van der Waals surface area contributed by atoms with Crippen molar-refractivity contribution >= 4 is 23.3 Å². The van der Waals surface area contributed by atoms with E-state index in [2.05, 4.69) is 0 Å². The highest BCUT2D eigenvalue weighted by Gasteiger charge is 2.36. The summed E-state index contributed by atoms with van der Waals surface area (Å²) in [6, 6.07) is 3.71. The molecule has 1 aromatic carbocycles. The molecule has 1 aliphatic rings. The van der Waals surface area contributed by atoms with E-state index in [1.807, 2.05) is 0 Å². The highest BCUT2D eigenvalue weighted by molar-refractivity contribution is 6.05. The van der Waals surface area contributed by atoms with E-state index in [1.54, 1.807) is 0 Å². The fourth-order valence-corrected chi connectivity index (χ4v) is 2.29. The number of carboxylic acid groups (broad SMARTS) is 1. The highest BCUT2D eigenvalue weighted by Crippen LogP contribution is 2.35. The number of nitro benzene ring substituents is 1. The van der Waals surface area contributed by atoms with Crippen molar-refractivity contribution in [2.75, 3.05) is 18.0 Å². The lowest BCUT2D eigenvalue weighted by molar-refractivity contribution is -0.384. The zero-order chi connectivity index (χ0) is 14.9. The summed E-state index contributed by atoms with van der Waals surface area (Å²) in [6.07, 6.45) is 0.168. The molecule has 20 heavy (non-hydrogen) atoms. The number of para-hydroxylation sites is 1. The number of hydrogen-bond donors (Lipinski definition) is 2. The van der Waals surface area contributed by atoms with Gasteiger partial charge in [-0.25, -0.2) is 4.79 Å². The van der Waals surface area contributed by atoms with Crippen LogP contribution in [0.15, 0.2) is 18.2 Å². The van der Waals surface area contributed by atoms with Crippen molar-refractivity contribution in [3.8, 4) is 0 Å². The summed E-state index contributed by atoms with van der Waals surface area (Å²) < 4.78 is 0. The number of benzene rings is 1. The molecular weight excluding hydrogens is 266 g/mol. The Hall–Kier alpha value is -2.48. The van der Waals surface area contributed by atoms with E-state index in [1.165, 1.54) is 18.2 Å². The number of carbonyl (C=O) groups is 2. The normalized spacial score (nSPS) is 18.4. The minimum Gasteiger partial charge on any atom is -0.478 e. The van der Waals surface area contributed by atoms with Crippen molar-refractivity contribution in [2.45, 2.75) is 6.42 Å². The van der Waals surface area contributed by atoms with Crippen LogP contribution in [-0.2, 0) is 4.79 Å². The number of anilines is 1. The van der Waals surface area contributed by atoms with Crippen LogP contribution in [0, 0.1) is 16.0 Å². The lowest BCUT2D eigenvalue weighted by Crippen LogP contribution is -2.28. The van der Waals surface area contributed by atoms with Crippen LogP contribution in [0.2, 0.25) is 0 Å². The number of carboxylic acids is 1. The van der Waals surface area contributed by atoms with Crippen LogP contribution in [0.3, 0.4) is 0 Å². The van der Waals surface area contributed by atoms with E-state index in [9.17, 15) is 19.7 Å². The van der Waals surface area contributed by atoms with Crippen molar-refractivity contribution < 1.29 is 19.6 Å². The molecule has 1 unspecified atom stereocenters. The molecule has 2 rings (SSSR count). The van der Waals surface area contributed by atoms with Crippen LogP contribution in [0.4, 0.5) is 11.4 Å². The van der Waals surface area contributed by atoms with E-state index in [0.717, 1.165) is 4.90 Å². The Bertz CT molecular complexity index is 554. The number of nitrogens with two attached hydrogens (primary N) is 1. The van der Waals surface area contributed by atoms with Gasteiger partial charge in [-0.2, -0.15) is 0 Å². The maximum atomic E-state index is 11.9. The van der Waals surface area contributed by atoms with Crippen LogP contribution in [0.1, 0.15) is 16.8 Å². The van der Waals surface area contributed by atoms with E-state index in [0.29, 0.717) is 0 Å². The lowest BCUT2D eigenvalue weighted by atomic mass is 10.1. The summed E-state index contributed by atoms with van der Waals surface area (Å²) in [5.41, 5.74) is 4.69. The fraction of sp³-hybridized carbons (Fsp3) is 0.333. The quantitative estimate of drug-likeness (QED) is 0.614. The molecule has 0 saturated carbocycles. The third-order valence-electron chi connectivity index (χ3n) is 3.25. The monoisotopic (exact) mass is 279 g/mol. The maximum Gasteiger partial charge on any atom is 0.338 e. The summed E-state index contributed by atoms with van der Waals surface area (Å²) in [5, 5.41) is 20.2. The summed E-state index contributed by atoms with van der Waals surface area (Å²) >= 11 is 0. The Kier molecular flexibility index (Phi) is 3.66. The first kappa shape index (κ1) is 13.9. The van der Waals surface area contributed by atoms with Crippen molar-refractivity contribution in [1.29, 1.82) is 0 Å². The predicted octanol–water partition coefficient (Wildman–Crippen LogP) is 0.605. The highest BCUT2D eigenvalue weighted by atomic mass is 16.6. The molecule has 8 heteroatoms. The van der Waals surface area contributed by atoms with Gasteiger partial charge in [0.2, 0.25) is 5.91 Å².